The second-order valence-corrected chi connectivity index (χ2v) is 8.16. The van der Waals surface area contributed by atoms with E-state index in [0.29, 0.717) is 5.56 Å². The van der Waals surface area contributed by atoms with Crippen molar-refractivity contribution in [1.29, 1.82) is 5.26 Å². The molecule has 1 aromatic carbocycles. The highest BCUT2D eigenvalue weighted by atomic mass is 32.2. The second kappa shape index (κ2) is 7.45. The summed E-state index contributed by atoms with van der Waals surface area (Å²) >= 11 is 0.959. The van der Waals surface area contributed by atoms with Crippen LogP contribution in [0.3, 0.4) is 0 Å². The molecule has 25 heavy (non-hydrogen) atoms. The van der Waals surface area contributed by atoms with Crippen LogP contribution in [0.15, 0.2) is 33.3 Å². The first-order valence-corrected chi connectivity index (χ1v) is 9.52. The molecule has 0 aliphatic carbocycles. The lowest BCUT2D eigenvalue weighted by Gasteiger charge is -2.01. The number of amidine groups is 1. The number of sulfone groups is 1. The van der Waals surface area contributed by atoms with Gasteiger partial charge in [0.25, 0.3) is 0 Å². The summed E-state index contributed by atoms with van der Waals surface area (Å²) in [7, 11) is -3.51. The summed E-state index contributed by atoms with van der Waals surface area (Å²) < 4.78 is 23.1. The maximum absolute atomic E-state index is 11.6. The second-order valence-electron chi connectivity index (χ2n) is 4.98. The van der Waals surface area contributed by atoms with E-state index < -0.39 is 27.0 Å². The molecule has 1 amide bonds. The molecule has 0 radical (unpaired) electrons. The number of nitriles is 1. The lowest BCUT2D eigenvalue weighted by Crippen LogP contribution is -2.26. The average molecular weight is 380 g/mol. The molecule has 1 saturated heterocycles. The Hall–Kier alpha value is -2.71. The SMILES string of the molecule is CS(=O)(=O)c1ccc(C=NN=C2NC(=O)C(CC(=O)O)S2)cc1C#N. The van der Waals surface area contributed by atoms with E-state index in [1.165, 1.54) is 24.4 Å². The number of nitrogens with one attached hydrogen (secondary N) is 1. The number of amides is 1. The van der Waals surface area contributed by atoms with Crippen LogP contribution in [-0.4, -0.2) is 48.3 Å². The van der Waals surface area contributed by atoms with E-state index in [4.69, 9.17) is 10.4 Å². The number of rotatable bonds is 5. The molecule has 0 aromatic heterocycles. The van der Waals surface area contributed by atoms with Gasteiger partial charge in [-0.15, -0.1) is 5.10 Å². The smallest absolute Gasteiger partial charge is 0.305 e. The van der Waals surface area contributed by atoms with Gasteiger partial charge < -0.3 is 10.4 Å². The third-order valence-electron chi connectivity index (χ3n) is 3.02. The van der Waals surface area contributed by atoms with Crippen LogP contribution >= 0.6 is 11.8 Å². The first-order valence-electron chi connectivity index (χ1n) is 6.75. The van der Waals surface area contributed by atoms with Gasteiger partial charge in [-0.3, -0.25) is 9.59 Å². The monoisotopic (exact) mass is 380 g/mol. The summed E-state index contributed by atoms with van der Waals surface area (Å²) in [6.07, 6.45) is 1.98. The van der Waals surface area contributed by atoms with Gasteiger partial charge in [0.2, 0.25) is 5.91 Å². The predicted octanol–water partition coefficient (Wildman–Crippen LogP) is 0.358. The normalized spacial score (nSPS) is 19.1. The maximum Gasteiger partial charge on any atom is 0.305 e. The molecule has 1 aliphatic heterocycles. The fourth-order valence-electron chi connectivity index (χ4n) is 1.93. The number of carboxylic acid groups (broad SMARTS) is 1. The van der Waals surface area contributed by atoms with Gasteiger partial charge in [0.1, 0.15) is 11.3 Å². The molecular formula is C14H12N4O5S2. The number of benzene rings is 1. The van der Waals surface area contributed by atoms with Gasteiger partial charge in [0, 0.05) is 6.26 Å². The molecule has 1 unspecified atom stereocenters. The standard InChI is InChI=1S/C14H12N4O5S2/c1-25(22,23)11-3-2-8(4-9(11)6-15)7-16-18-14-17-13(21)10(24-14)5-12(19)20/h2-4,7,10H,5H2,1H3,(H,19,20)(H,17,18,21). The topological polar surface area (TPSA) is 149 Å². The van der Waals surface area contributed by atoms with Crippen LogP contribution in [-0.2, 0) is 19.4 Å². The van der Waals surface area contributed by atoms with Crippen LogP contribution < -0.4 is 5.32 Å². The van der Waals surface area contributed by atoms with E-state index in [2.05, 4.69) is 15.5 Å². The molecule has 0 saturated carbocycles. The minimum absolute atomic E-state index is 0.0100. The molecule has 1 fully saturated rings. The van der Waals surface area contributed by atoms with Crippen LogP contribution in [0.25, 0.3) is 0 Å². The first kappa shape index (κ1) is 18.6. The molecule has 1 heterocycles. The number of hydrogen-bond acceptors (Lipinski definition) is 8. The van der Waals surface area contributed by atoms with Crippen LogP contribution in [0.2, 0.25) is 0 Å². The Bertz CT molecular complexity index is 931. The van der Waals surface area contributed by atoms with Crippen molar-refractivity contribution in [2.45, 2.75) is 16.6 Å². The van der Waals surface area contributed by atoms with Gasteiger partial charge in [0.15, 0.2) is 15.0 Å². The van der Waals surface area contributed by atoms with E-state index in [1.807, 2.05) is 6.07 Å². The molecule has 9 nitrogen and oxygen atoms in total. The summed E-state index contributed by atoms with van der Waals surface area (Å²) in [6.45, 7) is 0. The highest BCUT2D eigenvalue weighted by Gasteiger charge is 2.32. The first-order chi connectivity index (χ1) is 11.7. The van der Waals surface area contributed by atoms with Crippen molar-refractivity contribution in [3.05, 3.63) is 29.3 Å². The maximum atomic E-state index is 11.6. The Balaban J connectivity index is 2.14. The number of thioether (sulfide) groups is 1. The van der Waals surface area contributed by atoms with Crippen molar-refractivity contribution in [3.8, 4) is 6.07 Å². The molecule has 1 aliphatic rings. The van der Waals surface area contributed by atoms with Crippen molar-refractivity contribution in [2.24, 2.45) is 10.2 Å². The van der Waals surface area contributed by atoms with Gasteiger partial charge in [0.05, 0.1) is 23.1 Å². The molecular weight excluding hydrogens is 368 g/mol. The van der Waals surface area contributed by atoms with E-state index in [1.54, 1.807) is 0 Å². The Morgan fingerprint density at radius 1 is 1.52 bits per heavy atom. The lowest BCUT2D eigenvalue weighted by molar-refractivity contribution is -0.138. The zero-order valence-corrected chi connectivity index (χ0v) is 14.5. The average Bonchev–Trinajstić information content (AvgIpc) is 2.85. The Kier molecular flexibility index (Phi) is 5.55. The van der Waals surface area contributed by atoms with Crippen molar-refractivity contribution in [2.75, 3.05) is 6.26 Å². The number of carbonyl (C=O) groups excluding carboxylic acids is 1. The van der Waals surface area contributed by atoms with Gasteiger partial charge in [-0.1, -0.05) is 17.8 Å². The van der Waals surface area contributed by atoms with Crippen molar-refractivity contribution in [1.82, 2.24) is 5.32 Å². The van der Waals surface area contributed by atoms with Gasteiger partial charge in [-0.05, 0) is 17.7 Å². The number of nitrogens with zero attached hydrogens (tertiary/aromatic N) is 3. The highest BCUT2D eigenvalue weighted by molar-refractivity contribution is 8.15. The number of carboxylic acids is 1. The number of carbonyl (C=O) groups is 2. The van der Waals surface area contributed by atoms with Crippen LogP contribution in [0, 0.1) is 11.3 Å². The zero-order chi connectivity index (χ0) is 18.6. The Labute approximate surface area is 147 Å². The Morgan fingerprint density at radius 3 is 2.84 bits per heavy atom. The quantitative estimate of drug-likeness (QED) is 0.553. The zero-order valence-electron chi connectivity index (χ0n) is 12.8. The van der Waals surface area contributed by atoms with E-state index in [-0.39, 0.29) is 22.0 Å². The largest absolute Gasteiger partial charge is 0.481 e. The fraction of sp³-hybridized carbons (Fsp3) is 0.214. The molecule has 0 bridgehead atoms. The molecule has 1 aromatic rings. The fourth-order valence-corrected chi connectivity index (χ4v) is 3.67. The van der Waals surface area contributed by atoms with E-state index in [9.17, 15) is 18.0 Å². The van der Waals surface area contributed by atoms with Gasteiger partial charge >= 0.3 is 5.97 Å². The molecule has 2 N–H and O–H groups in total. The Morgan fingerprint density at radius 2 is 2.24 bits per heavy atom. The lowest BCUT2D eigenvalue weighted by atomic mass is 10.1. The van der Waals surface area contributed by atoms with Crippen LogP contribution in [0.5, 0.6) is 0 Å². The van der Waals surface area contributed by atoms with Crippen molar-refractivity contribution >= 4 is 44.9 Å². The third-order valence-corrected chi connectivity index (χ3v) is 5.24. The molecule has 11 heteroatoms. The number of aliphatic carboxylic acids is 1. The van der Waals surface area contributed by atoms with Crippen molar-refractivity contribution in [3.63, 3.8) is 0 Å². The van der Waals surface area contributed by atoms with Crippen LogP contribution in [0.1, 0.15) is 17.5 Å². The van der Waals surface area contributed by atoms with Gasteiger partial charge in [-0.25, -0.2) is 8.42 Å². The summed E-state index contributed by atoms with van der Waals surface area (Å²) in [5, 5.41) is 27.1. The van der Waals surface area contributed by atoms with Crippen molar-refractivity contribution < 1.29 is 23.1 Å². The summed E-state index contributed by atoms with van der Waals surface area (Å²) in [5.74, 6) is -1.54. The third kappa shape index (κ3) is 4.88. The minimum Gasteiger partial charge on any atom is -0.481 e. The van der Waals surface area contributed by atoms with Crippen LogP contribution in [0.4, 0.5) is 0 Å². The molecule has 0 spiro atoms. The predicted molar refractivity (Wildman–Crippen MR) is 91.1 cm³/mol. The highest BCUT2D eigenvalue weighted by Crippen LogP contribution is 2.22. The summed E-state index contributed by atoms with van der Waals surface area (Å²) in [4.78, 5) is 22.1. The van der Waals surface area contributed by atoms with Gasteiger partial charge in [-0.2, -0.15) is 10.4 Å². The summed E-state index contributed by atoms with van der Waals surface area (Å²) in [6, 6.07) is 5.94. The van der Waals surface area contributed by atoms with E-state index in [0.717, 1.165) is 18.0 Å². The molecule has 1 atom stereocenters. The minimum atomic E-state index is -3.51. The summed E-state index contributed by atoms with van der Waals surface area (Å²) in [5.41, 5.74) is 0.439. The van der Waals surface area contributed by atoms with E-state index >= 15 is 0 Å². The molecule has 130 valence electrons. The number of hydrogen-bond donors (Lipinski definition) is 2. The molecule has 2 rings (SSSR count).